The summed E-state index contributed by atoms with van der Waals surface area (Å²) in [6.07, 6.45) is -0.794. The third-order valence-corrected chi connectivity index (χ3v) is 5.01. The molecule has 0 saturated carbocycles. The summed E-state index contributed by atoms with van der Waals surface area (Å²) in [7, 11) is -3.91. The maximum atomic E-state index is 13.9. The van der Waals surface area contributed by atoms with E-state index in [-0.39, 0.29) is 29.4 Å². The fourth-order valence-electron chi connectivity index (χ4n) is 2.50. The predicted octanol–water partition coefficient (Wildman–Crippen LogP) is 3.61. The molecule has 8 heteroatoms. The lowest BCUT2D eigenvalue weighted by Gasteiger charge is -2.12. The summed E-state index contributed by atoms with van der Waals surface area (Å²) in [5.74, 6) is -1.04. The molecule has 0 saturated heterocycles. The van der Waals surface area contributed by atoms with Crippen molar-refractivity contribution in [2.75, 3.05) is 0 Å². The second-order valence-corrected chi connectivity index (χ2v) is 7.54. The van der Waals surface area contributed by atoms with E-state index >= 15 is 0 Å². The molecule has 0 aliphatic carbocycles. The van der Waals surface area contributed by atoms with Crippen LogP contribution in [0.2, 0.25) is 5.02 Å². The van der Waals surface area contributed by atoms with Crippen LogP contribution >= 0.6 is 11.6 Å². The van der Waals surface area contributed by atoms with E-state index in [0.29, 0.717) is 10.6 Å². The van der Waals surface area contributed by atoms with E-state index in [1.807, 2.05) is 0 Å². The van der Waals surface area contributed by atoms with E-state index < -0.39 is 22.0 Å². The predicted molar refractivity (Wildman–Crippen MR) is 91.2 cm³/mol. The molecule has 2 N–H and O–H groups in total. The minimum Gasteiger partial charge on any atom is -0.468 e. The van der Waals surface area contributed by atoms with E-state index in [2.05, 4.69) is 0 Å². The zero-order valence-electron chi connectivity index (χ0n) is 13.0. The Balaban J connectivity index is 1.73. The maximum absolute atomic E-state index is 13.9. The first-order valence-electron chi connectivity index (χ1n) is 7.40. The van der Waals surface area contributed by atoms with Gasteiger partial charge in [-0.05, 0) is 23.8 Å². The van der Waals surface area contributed by atoms with Crippen LogP contribution in [0.3, 0.4) is 0 Å². The molecular formula is C17H15ClFNO4S. The Morgan fingerprint density at radius 3 is 2.68 bits per heavy atom. The summed E-state index contributed by atoms with van der Waals surface area (Å²) in [4.78, 5) is 0. The highest BCUT2D eigenvalue weighted by Crippen LogP contribution is 2.37. The first-order chi connectivity index (χ1) is 11.8. The quantitative estimate of drug-likeness (QED) is 0.798. The molecule has 0 fully saturated rings. The third-order valence-electron chi connectivity index (χ3n) is 3.63. The number of benzene rings is 2. The highest BCUT2D eigenvalue weighted by molar-refractivity contribution is 7.86. The molecule has 1 atom stereocenters. The Morgan fingerprint density at radius 1 is 1.24 bits per heavy atom. The molecule has 0 amide bonds. The molecule has 0 bridgehead atoms. The fourth-order valence-corrected chi connectivity index (χ4v) is 3.80. The number of halogens is 2. The second-order valence-electron chi connectivity index (χ2n) is 5.53. The van der Waals surface area contributed by atoms with Gasteiger partial charge in [-0.15, -0.1) is 0 Å². The normalized spacial score (nSPS) is 17.4. The van der Waals surface area contributed by atoms with Gasteiger partial charge in [-0.2, -0.15) is 8.42 Å². The van der Waals surface area contributed by atoms with Gasteiger partial charge in [-0.25, -0.2) is 4.39 Å². The van der Waals surface area contributed by atoms with Crippen molar-refractivity contribution in [3.8, 4) is 0 Å². The molecular weight excluding hydrogens is 369 g/mol. The minimum atomic E-state index is -3.91. The highest BCUT2D eigenvalue weighted by atomic mass is 35.5. The third kappa shape index (κ3) is 4.24. The van der Waals surface area contributed by atoms with E-state index in [9.17, 15) is 12.8 Å². The standard InChI is InChI=1S/C17H15ClFNO4S/c18-12-6-7-14(19)13(8-12)15-9-16(17(20)23-15)24-25(21,22)10-11-4-2-1-3-5-11/h1-8,15H,9-10,20H2. The van der Waals surface area contributed by atoms with Crippen LogP contribution in [0.5, 0.6) is 0 Å². The van der Waals surface area contributed by atoms with Crippen molar-refractivity contribution < 1.29 is 21.7 Å². The van der Waals surface area contributed by atoms with Crippen LogP contribution in [0.1, 0.15) is 23.7 Å². The van der Waals surface area contributed by atoms with E-state index in [1.165, 1.54) is 18.2 Å². The Labute approximate surface area is 149 Å². The van der Waals surface area contributed by atoms with Crippen molar-refractivity contribution >= 4 is 21.7 Å². The van der Waals surface area contributed by atoms with Crippen molar-refractivity contribution in [3.63, 3.8) is 0 Å². The summed E-state index contributed by atoms with van der Waals surface area (Å²) < 4.78 is 48.8. The molecule has 0 spiro atoms. The molecule has 5 nitrogen and oxygen atoms in total. The SMILES string of the molecule is NC1=C(OS(=O)(=O)Cc2ccccc2)CC(c2cc(Cl)ccc2F)O1. The van der Waals surface area contributed by atoms with Crippen molar-refractivity contribution in [3.05, 3.63) is 82.1 Å². The number of ether oxygens (including phenoxy) is 1. The number of hydrogen-bond donors (Lipinski definition) is 1. The molecule has 25 heavy (non-hydrogen) atoms. The number of rotatable bonds is 5. The van der Waals surface area contributed by atoms with Crippen LogP contribution in [0.15, 0.2) is 60.2 Å². The summed E-state index contributed by atoms with van der Waals surface area (Å²) in [6, 6.07) is 12.6. The Kier molecular flexibility index (Phi) is 4.87. The van der Waals surface area contributed by atoms with Crippen molar-refractivity contribution in [1.82, 2.24) is 0 Å². The molecule has 2 aromatic carbocycles. The first-order valence-corrected chi connectivity index (χ1v) is 9.36. The van der Waals surface area contributed by atoms with E-state index in [0.717, 1.165) is 0 Å². The molecule has 0 radical (unpaired) electrons. The fraction of sp³-hybridized carbons (Fsp3) is 0.176. The minimum absolute atomic E-state index is 0.00286. The molecule has 1 heterocycles. The summed E-state index contributed by atoms with van der Waals surface area (Å²) >= 11 is 5.87. The van der Waals surface area contributed by atoms with Gasteiger partial charge in [0.15, 0.2) is 5.76 Å². The Morgan fingerprint density at radius 2 is 1.96 bits per heavy atom. The van der Waals surface area contributed by atoms with Crippen molar-refractivity contribution in [1.29, 1.82) is 0 Å². The molecule has 1 aliphatic heterocycles. The summed E-state index contributed by atoms with van der Waals surface area (Å²) in [5, 5.41) is 0.338. The zero-order valence-corrected chi connectivity index (χ0v) is 14.6. The van der Waals surface area contributed by atoms with Gasteiger partial charge in [-0.3, -0.25) is 0 Å². The van der Waals surface area contributed by atoms with Crippen LogP contribution in [0, 0.1) is 5.82 Å². The van der Waals surface area contributed by atoms with Crippen LogP contribution in [0.25, 0.3) is 0 Å². The lowest BCUT2D eigenvalue weighted by Crippen LogP contribution is -2.10. The molecule has 2 aromatic rings. The van der Waals surface area contributed by atoms with Gasteiger partial charge in [0.2, 0.25) is 5.88 Å². The highest BCUT2D eigenvalue weighted by Gasteiger charge is 2.32. The van der Waals surface area contributed by atoms with Gasteiger partial charge in [-0.1, -0.05) is 41.9 Å². The van der Waals surface area contributed by atoms with Gasteiger partial charge in [0, 0.05) is 10.6 Å². The molecule has 1 aliphatic rings. The van der Waals surface area contributed by atoms with Crippen LogP contribution < -0.4 is 5.73 Å². The van der Waals surface area contributed by atoms with Gasteiger partial charge in [0.1, 0.15) is 17.7 Å². The van der Waals surface area contributed by atoms with Crippen molar-refractivity contribution in [2.24, 2.45) is 5.73 Å². The first kappa shape index (κ1) is 17.6. The monoisotopic (exact) mass is 383 g/mol. The number of nitrogens with two attached hydrogens (primary N) is 1. The number of hydrogen-bond acceptors (Lipinski definition) is 5. The molecule has 132 valence electrons. The molecule has 3 rings (SSSR count). The Bertz CT molecular complexity index is 916. The van der Waals surface area contributed by atoms with Gasteiger partial charge >= 0.3 is 10.1 Å². The summed E-state index contributed by atoms with van der Waals surface area (Å²) in [6.45, 7) is 0. The van der Waals surface area contributed by atoms with Gasteiger partial charge < -0.3 is 14.7 Å². The molecule has 1 unspecified atom stereocenters. The van der Waals surface area contributed by atoms with Gasteiger partial charge in [0.25, 0.3) is 0 Å². The zero-order chi connectivity index (χ0) is 18.0. The average Bonchev–Trinajstić information content (AvgIpc) is 2.90. The maximum Gasteiger partial charge on any atom is 0.313 e. The van der Waals surface area contributed by atoms with E-state index in [4.69, 9.17) is 26.3 Å². The Hall–Kier alpha value is -2.25. The van der Waals surface area contributed by atoms with Crippen LogP contribution in [-0.4, -0.2) is 8.42 Å². The topological polar surface area (TPSA) is 78.6 Å². The smallest absolute Gasteiger partial charge is 0.313 e. The molecule has 0 aromatic heterocycles. The van der Waals surface area contributed by atoms with Crippen LogP contribution in [-0.2, 0) is 24.8 Å². The largest absolute Gasteiger partial charge is 0.468 e. The van der Waals surface area contributed by atoms with E-state index in [1.54, 1.807) is 30.3 Å². The van der Waals surface area contributed by atoms with Gasteiger partial charge in [0.05, 0.1) is 6.42 Å². The lowest BCUT2D eigenvalue weighted by atomic mass is 10.1. The second kappa shape index (κ2) is 6.93. The summed E-state index contributed by atoms with van der Waals surface area (Å²) in [5.41, 5.74) is 6.48. The lowest BCUT2D eigenvalue weighted by molar-refractivity contribution is 0.140. The van der Waals surface area contributed by atoms with Crippen molar-refractivity contribution in [2.45, 2.75) is 18.3 Å². The van der Waals surface area contributed by atoms with Crippen LogP contribution in [0.4, 0.5) is 4.39 Å². The average molecular weight is 384 g/mol.